The van der Waals surface area contributed by atoms with Crippen LogP contribution in [-0.2, 0) is 6.42 Å². The van der Waals surface area contributed by atoms with Crippen LogP contribution in [0.1, 0.15) is 12.7 Å². The second kappa shape index (κ2) is 5.26. The van der Waals surface area contributed by atoms with E-state index >= 15 is 0 Å². The zero-order valence-corrected chi connectivity index (χ0v) is 12.0. The predicted molar refractivity (Wildman–Crippen MR) is 80.5 cm³/mol. The van der Waals surface area contributed by atoms with Crippen molar-refractivity contribution in [3.05, 3.63) is 47.1 Å². The standard InChI is InChI=1S/C15H13ClFN3O/c1-2-12-10(5-6-21-12)14-13(15(18)20-19-14)9-4-3-8(17)7-11(9)16/h3-7H,2H2,1H3,(H3,18,19,20). The first-order chi connectivity index (χ1) is 10.1. The molecule has 21 heavy (non-hydrogen) atoms. The second-order valence-corrected chi connectivity index (χ2v) is 5.00. The van der Waals surface area contributed by atoms with Gasteiger partial charge in [-0.25, -0.2) is 4.39 Å². The highest BCUT2D eigenvalue weighted by molar-refractivity contribution is 6.33. The summed E-state index contributed by atoms with van der Waals surface area (Å²) in [5.74, 6) is 0.727. The van der Waals surface area contributed by atoms with Crippen molar-refractivity contribution in [3.63, 3.8) is 0 Å². The van der Waals surface area contributed by atoms with E-state index in [0.29, 0.717) is 22.6 Å². The topological polar surface area (TPSA) is 67.8 Å². The Labute approximate surface area is 125 Å². The smallest absolute Gasteiger partial charge is 0.153 e. The van der Waals surface area contributed by atoms with Crippen molar-refractivity contribution >= 4 is 17.4 Å². The molecule has 1 aromatic carbocycles. The minimum Gasteiger partial charge on any atom is -0.469 e. The van der Waals surface area contributed by atoms with Crippen LogP contribution in [0.4, 0.5) is 10.2 Å². The number of H-pyrrole nitrogens is 1. The quantitative estimate of drug-likeness (QED) is 0.759. The molecule has 0 aliphatic heterocycles. The Morgan fingerprint density at radius 1 is 1.33 bits per heavy atom. The van der Waals surface area contributed by atoms with Crippen LogP contribution in [0.25, 0.3) is 22.4 Å². The first-order valence-electron chi connectivity index (χ1n) is 6.47. The third-order valence-corrected chi connectivity index (χ3v) is 3.64. The Hall–Kier alpha value is -2.27. The van der Waals surface area contributed by atoms with Gasteiger partial charge in [0, 0.05) is 17.5 Å². The van der Waals surface area contributed by atoms with Crippen LogP contribution in [0.15, 0.2) is 34.9 Å². The van der Waals surface area contributed by atoms with E-state index in [0.717, 1.165) is 17.7 Å². The summed E-state index contributed by atoms with van der Waals surface area (Å²) in [4.78, 5) is 0. The molecule has 0 aliphatic rings. The summed E-state index contributed by atoms with van der Waals surface area (Å²) in [5.41, 5.74) is 8.82. The van der Waals surface area contributed by atoms with Crippen LogP contribution in [0.2, 0.25) is 5.02 Å². The normalized spacial score (nSPS) is 11.0. The summed E-state index contributed by atoms with van der Waals surface area (Å²) in [6, 6.07) is 6.03. The first-order valence-corrected chi connectivity index (χ1v) is 6.85. The molecular weight excluding hydrogens is 293 g/mol. The monoisotopic (exact) mass is 305 g/mol. The minimum atomic E-state index is -0.398. The molecule has 0 atom stereocenters. The number of nitrogens with two attached hydrogens (primary N) is 1. The lowest BCUT2D eigenvalue weighted by molar-refractivity contribution is 0.517. The maximum absolute atomic E-state index is 13.2. The molecule has 3 rings (SSSR count). The average molecular weight is 306 g/mol. The molecule has 3 N–H and O–H groups in total. The number of hydrogen-bond donors (Lipinski definition) is 2. The number of furan rings is 1. The van der Waals surface area contributed by atoms with Crippen LogP contribution >= 0.6 is 11.6 Å². The summed E-state index contributed by atoms with van der Waals surface area (Å²) in [5, 5.41) is 7.23. The van der Waals surface area contributed by atoms with Gasteiger partial charge in [0.15, 0.2) is 5.82 Å². The predicted octanol–water partition coefficient (Wildman–Crippen LogP) is 4.27. The van der Waals surface area contributed by atoms with Gasteiger partial charge in [-0.2, -0.15) is 5.10 Å². The molecule has 108 valence electrons. The van der Waals surface area contributed by atoms with Crippen molar-refractivity contribution < 1.29 is 8.81 Å². The van der Waals surface area contributed by atoms with Gasteiger partial charge in [0.2, 0.25) is 0 Å². The van der Waals surface area contributed by atoms with Gasteiger partial charge in [-0.15, -0.1) is 0 Å². The Morgan fingerprint density at radius 3 is 2.86 bits per heavy atom. The number of aryl methyl sites for hydroxylation is 1. The molecular formula is C15H13ClFN3O. The molecule has 4 nitrogen and oxygen atoms in total. The molecule has 0 saturated heterocycles. The Morgan fingerprint density at radius 2 is 2.14 bits per heavy atom. The van der Waals surface area contributed by atoms with Gasteiger partial charge < -0.3 is 10.2 Å². The summed E-state index contributed by atoms with van der Waals surface area (Å²) in [6.45, 7) is 1.99. The molecule has 0 unspecified atom stereocenters. The van der Waals surface area contributed by atoms with Crippen molar-refractivity contribution in [3.8, 4) is 22.4 Å². The summed E-state index contributed by atoms with van der Waals surface area (Å²) < 4.78 is 18.7. The van der Waals surface area contributed by atoms with Crippen molar-refractivity contribution in [1.29, 1.82) is 0 Å². The van der Waals surface area contributed by atoms with E-state index < -0.39 is 5.82 Å². The van der Waals surface area contributed by atoms with E-state index in [4.69, 9.17) is 21.8 Å². The van der Waals surface area contributed by atoms with Gasteiger partial charge in [0.25, 0.3) is 0 Å². The Balaban J connectivity index is 2.22. The number of benzene rings is 1. The lowest BCUT2D eigenvalue weighted by Crippen LogP contribution is -1.91. The number of hydrogen-bond acceptors (Lipinski definition) is 3. The number of nitrogen functional groups attached to an aromatic ring is 1. The first kappa shape index (κ1) is 13.7. The zero-order chi connectivity index (χ0) is 15.0. The van der Waals surface area contributed by atoms with Gasteiger partial charge in [0.1, 0.15) is 11.6 Å². The van der Waals surface area contributed by atoms with Crippen molar-refractivity contribution in [2.24, 2.45) is 0 Å². The molecule has 0 aliphatic carbocycles. The maximum atomic E-state index is 13.2. The van der Waals surface area contributed by atoms with E-state index in [2.05, 4.69) is 10.2 Å². The van der Waals surface area contributed by atoms with Gasteiger partial charge >= 0.3 is 0 Å². The highest BCUT2D eigenvalue weighted by atomic mass is 35.5. The molecule has 2 aromatic heterocycles. The van der Waals surface area contributed by atoms with Crippen molar-refractivity contribution in [2.45, 2.75) is 13.3 Å². The number of aromatic nitrogens is 2. The molecule has 0 amide bonds. The number of nitrogens with one attached hydrogen (secondary N) is 1. The minimum absolute atomic E-state index is 0.283. The van der Waals surface area contributed by atoms with Crippen molar-refractivity contribution in [2.75, 3.05) is 5.73 Å². The van der Waals surface area contributed by atoms with Crippen LogP contribution < -0.4 is 5.73 Å². The van der Waals surface area contributed by atoms with Gasteiger partial charge in [-0.05, 0) is 24.3 Å². The van der Waals surface area contributed by atoms with Gasteiger partial charge in [-0.1, -0.05) is 18.5 Å². The molecule has 0 saturated carbocycles. The van der Waals surface area contributed by atoms with E-state index in [-0.39, 0.29) is 5.02 Å². The third kappa shape index (κ3) is 2.29. The number of aromatic amines is 1. The number of nitrogens with zero attached hydrogens (tertiary/aromatic N) is 1. The summed E-state index contributed by atoms with van der Waals surface area (Å²) in [7, 11) is 0. The van der Waals surface area contributed by atoms with E-state index in [1.807, 2.05) is 13.0 Å². The number of halogens is 2. The summed E-state index contributed by atoms with van der Waals surface area (Å²) >= 11 is 6.14. The molecule has 0 fully saturated rings. The fourth-order valence-electron chi connectivity index (χ4n) is 2.35. The lowest BCUT2D eigenvalue weighted by Gasteiger charge is -2.07. The van der Waals surface area contributed by atoms with E-state index in [1.54, 1.807) is 12.3 Å². The van der Waals surface area contributed by atoms with Crippen molar-refractivity contribution in [1.82, 2.24) is 10.2 Å². The molecule has 6 heteroatoms. The van der Waals surface area contributed by atoms with Crippen LogP contribution in [0, 0.1) is 5.82 Å². The van der Waals surface area contributed by atoms with E-state index in [9.17, 15) is 4.39 Å². The highest BCUT2D eigenvalue weighted by Crippen LogP contribution is 2.39. The van der Waals surface area contributed by atoms with Crippen LogP contribution in [0.3, 0.4) is 0 Å². The van der Waals surface area contributed by atoms with Crippen LogP contribution in [-0.4, -0.2) is 10.2 Å². The largest absolute Gasteiger partial charge is 0.469 e. The highest BCUT2D eigenvalue weighted by Gasteiger charge is 2.20. The Bertz CT molecular complexity index is 794. The fraction of sp³-hybridized carbons (Fsp3) is 0.133. The molecule has 0 bridgehead atoms. The average Bonchev–Trinajstić information content (AvgIpc) is 3.05. The number of anilines is 1. The van der Waals surface area contributed by atoms with E-state index in [1.165, 1.54) is 12.1 Å². The Kier molecular flexibility index (Phi) is 3.43. The number of rotatable bonds is 3. The second-order valence-electron chi connectivity index (χ2n) is 4.59. The molecule has 0 spiro atoms. The lowest BCUT2D eigenvalue weighted by atomic mass is 10.0. The summed E-state index contributed by atoms with van der Waals surface area (Å²) in [6.07, 6.45) is 2.35. The zero-order valence-electron chi connectivity index (χ0n) is 11.3. The van der Waals surface area contributed by atoms with Gasteiger partial charge in [0.05, 0.1) is 22.5 Å². The fourth-order valence-corrected chi connectivity index (χ4v) is 2.61. The van der Waals surface area contributed by atoms with Gasteiger partial charge in [-0.3, -0.25) is 5.10 Å². The molecule has 3 aromatic rings. The molecule has 0 radical (unpaired) electrons. The molecule has 2 heterocycles. The van der Waals surface area contributed by atoms with Crippen LogP contribution in [0.5, 0.6) is 0 Å². The SMILES string of the molecule is CCc1occc1-c1[nH]nc(N)c1-c1ccc(F)cc1Cl. The maximum Gasteiger partial charge on any atom is 0.153 e. The third-order valence-electron chi connectivity index (χ3n) is 3.33.